The second kappa shape index (κ2) is 73.6. The molecule has 0 aliphatic carbocycles. The molecule has 0 fully saturated rings. The summed E-state index contributed by atoms with van der Waals surface area (Å²) in [6, 6.07) is 0. The van der Waals surface area contributed by atoms with E-state index in [2.05, 4.69) is 41.5 Å². The van der Waals surface area contributed by atoms with Gasteiger partial charge in [0.05, 0.1) is 26.4 Å². The van der Waals surface area contributed by atoms with Crippen LogP contribution in [0.1, 0.15) is 433 Å². The second-order valence-electron chi connectivity index (χ2n) is 30.5. The van der Waals surface area contributed by atoms with Crippen molar-refractivity contribution in [3.8, 4) is 0 Å². The van der Waals surface area contributed by atoms with Crippen LogP contribution in [0, 0.1) is 11.8 Å². The molecule has 17 nitrogen and oxygen atoms in total. The highest BCUT2D eigenvalue weighted by molar-refractivity contribution is 7.47. The lowest BCUT2D eigenvalue weighted by atomic mass is 10.0. The lowest BCUT2D eigenvalue weighted by Gasteiger charge is -2.21. The maximum absolute atomic E-state index is 13.1. The third kappa shape index (κ3) is 76.1. The smallest absolute Gasteiger partial charge is 0.462 e. The van der Waals surface area contributed by atoms with Crippen LogP contribution in [0.15, 0.2) is 0 Å². The Morgan fingerprint density at radius 2 is 0.455 bits per heavy atom. The molecule has 0 saturated carbocycles. The van der Waals surface area contributed by atoms with Crippen molar-refractivity contribution < 1.29 is 80.2 Å². The van der Waals surface area contributed by atoms with Crippen LogP contribution in [0.5, 0.6) is 0 Å². The van der Waals surface area contributed by atoms with Crippen LogP contribution in [-0.4, -0.2) is 96.7 Å². The molecule has 0 heterocycles. The number of carbonyl (C=O) groups excluding carboxylic acids is 4. The van der Waals surface area contributed by atoms with Crippen molar-refractivity contribution in [1.82, 2.24) is 0 Å². The number of hydrogen-bond acceptors (Lipinski definition) is 15. The van der Waals surface area contributed by atoms with E-state index in [1.54, 1.807) is 0 Å². The number of esters is 4. The summed E-state index contributed by atoms with van der Waals surface area (Å²) >= 11 is 0. The molecule has 0 saturated heterocycles. The van der Waals surface area contributed by atoms with E-state index in [0.29, 0.717) is 31.6 Å². The molecule has 2 unspecified atom stereocenters. The summed E-state index contributed by atoms with van der Waals surface area (Å²) in [7, 11) is -9.92. The van der Waals surface area contributed by atoms with Crippen LogP contribution >= 0.6 is 15.6 Å². The second-order valence-corrected chi connectivity index (χ2v) is 33.4. The van der Waals surface area contributed by atoms with Gasteiger partial charge in [0.15, 0.2) is 12.2 Å². The molecule has 600 valence electrons. The first-order valence-electron chi connectivity index (χ1n) is 42.5. The molecule has 0 rings (SSSR count). The summed E-state index contributed by atoms with van der Waals surface area (Å²) in [6.07, 6.45) is 64.0. The Morgan fingerprint density at radius 3 is 0.673 bits per heavy atom. The maximum Gasteiger partial charge on any atom is 0.472 e. The van der Waals surface area contributed by atoms with Gasteiger partial charge in [-0.05, 0) is 37.5 Å². The highest BCUT2D eigenvalue weighted by Crippen LogP contribution is 2.45. The Morgan fingerprint density at radius 1 is 0.267 bits per heavy atom. The Labute approximate surface area is 619 Å². The normalized spacial score (nSPS) is 13.9. The van der Waals surface area contributed by atoms with Crippen LogP contribution in [0.4, 0.5) is 0 Å². The van der Waals surface area contributed by atoms with E-state index in [-0.39, 0.29) is 25.7 Å². The topological polar surface area (TPSA) is 237 Å². The molecule has 0 aliphatic rings. The van der Waals surface area contributed by atoms with Crippen LogP contribution in [0.3, 0.4) is 0 Å². The van der Waals surface area contributed by atoms with Gasteiger partial charge in [-0.1, -0.05) is 382 Å². The Hall–Kier alpha value is -1.94. The van der Waals surface area contributed by atoms with E-state index < -0.39 is 97.5 Å². The number of carbonyl (C=O) groups is 4. The van der Waals surface area contributed by atoms with Crippen molar-refractivity contribution in [2.75, 3.05) is 39.6 Å². The fourth-order valence-corrected chi connectivity index (χ4v) is 14.3. The summed E-state index contributed by atoms with van der Waals surface area (Å²) < 4.78 is 68.7. The molecule has 3 N–H and O–H groups in total. The average molecular weight is 1480 g/mol. The van der Waals surface area contributed by atoms with Crippen LogP contribution in [0.2, 0.25) is 0 Å². The van der Waals surface area contributed by atoms with Gasteiger partial charge in [-0.15, -0.1) is 0 Å². The predicted molar refractivity (Wildman–Crippen MR) is 414 cm³/mol. The van der Waals surface area contributed by atoms with Gasteiger partial charge in [-0.3, -0.25) is 37.3 Å². The molecule has 0 amide bonds. The van der Waals surface area contributed by atoms with Crippen molar-refractivity contribution in [3.63, 3.8) is 0 Å². The molecule has 0 radical (unpaired) electrons. The molecule has 19 heteroatoms. The number of unbranched alkanes of at least 4 members (excludes halogenated alkanes) is 51. The molecule has 0 aliphatic heterocycles. The van der Waals surface area contributed by atoms with Crippen LogP contribution in [-0.2, 0) is 65.4 Å². The molecular formula is C82H160O17P2. The number of hydrogen-bond donors (Lipinski definition) is 3. The number of aliphatic hydroxyl groups excluding tert-OH is 1. The summed E-state index contributed by atoms with van der Waals surface area (Å²) in [5.41, 5.74) is 0. The summed E-state index contributed by atoms with van der Waals surface area (Å²) in [5, 5.41) is 10.6. The fourth-order valence-electron chi connectivity index (χ4n) is 12.7. The number of rotatable bonds is 81. The van der Waals surface area contributed by atoms with E-state index in [4.69, 9.17) is 37.0 Å². The van der Waals surface area contributed by atoms with Crippen molar-refractivity contribution in [2.24, 2.45) is 11.8 Å². The molecule has 0 spiro atoms. The zero-order valence-corrected chi connectivity index (χ0v) is 68.0. The monoisotopic (exact) mass is 1480 g/mol. The van der Waals surface area contributed by atoms with Crippen molar-refractivity contribution in [3.05, 3.63) is 0 Å². The minimum Gasteiger partial charge on any atom is -0.462 e. The van der Waals surface area contributed by atoms with Gasteiger partial charge in [-0.2, -0.15) is 0 Å². The first kappa shape index (κ1) is 99.1. The van der Waals surface area contributed by atoms with Crippen molar-refractivity contribution >= 4 is 39.5 Å². The largest absolute Gasteiger partial charge is 0.472 e. The van der Waals surface area contributed by atoms with Gasteiger partial charge in [0, 0.05) is 25.7 Å². The molecule has 0 bridgehead atoms. The van der Waals surface area contributed by atoms with E-state index >= 15 is 0 Å². The first-order chi connectivity index (χ1) is 48.9. The van der Waals surface area contributed by atoms with E-state index in [9.17, 15) is 43.2 Å². The maximum atomic E-state index is 13.1. The standard InChI is InChI=1S/C82H160O17P2/c1-7-9-11-13-15-17-19-21-22-23-24-25-26-27-30-34-38-42-48-55-61-67-82(87)98-77(70-92-79(84)64-58-52-46-40-37-33-31-28-29-32-35-39-44-50-56-62-74(3)4)72-96-100(88,89)94-68-76(83)69-95-101(90,91)97-73-78(71-93-80(85)65-59-53-49-43-45-51-57-63-75(5)6)99-81(86)66-60-54-47-41-36-20-18-16-14-12-10-8-2/h74-78,83H,7-73H2,1-6H3,(H,88,89)(H,90,91)/t76-,77-,78-/m1/s1. The Bertz CT molecular complexity index is 1940. The van der Waals surface area contributed by atoms with Gasteiger partial charge in [0.2, 0.25) is 0 Å². The number of phosphoric acid groups is 2. The lowest BCUT2D eigenvalue weighted by molar-refractivity contribution is -0.161. The molecule has 0 aromatic rings. The molecule has 0 aromatic carbocycles. The zero-order chi connectivity index (χ0) is 74.2. The minimum atomic E-state index is -4.96. The van der Waals surface area contributed by atoms with Crippen molar-refractivity contribution in [2.45, 2.75) is 452 Å². The highest BCUT2D eigenvalue weighted by atomic mass is 31.2. The van der Waals surface area contributed by atoms with E-state index in [1.165, 1.54) is 244 Å². The summed E-state index contributed by atoms with van der Waals surface area (Å²) in [6.45, 7) is 9.61. The van der Waals surface area contributed by atoms with E-state index in [1.807, 2.05) is 0 Å². The van der Waals surface area contributed by atoms with Gasteiger partial charge >= 0.3 is 39.5 Å². The van der Waals surface area contributed by atoms with E-state index in [0.717, 1.165) is 102 Å². The first-order valence-corrected chi connectivity index (χ1v) is 45.5. The van der Waals surface area contributed by atoms with Gasteiger partial charge < -0.3 is 33.8 Å². The highest BCUT2D eigenvalue weighted by Gasteiger charge is 2.30. The third-order valence-electron chi connectivity index (χ3n) is 19.2. The predicted octanol–water partition coefficient (Wildman–Crippen LogP) is 24.7. The molecular weight excluding hydrogens is 1320 g/mol. The Kier molecular flexibility index (Phi) is 72.2. The SMILES string of the molecule is CCCCCCCCCCCCCCCCCCCCCCCC(=O)O[C@H](COC(=O)CCCCCCCCCCCCCCCCCC(C)C)COP(=O)(O)OC[C@@H](O)COP(=O)(O)OC[C@@H](COC(=O)CCCCCCCCCC(C)C)OC(=O)CCCCCCCCCCCCCC. The zero-order valence-electron chi connectivity index (χ0n) is 66.2. The number of phosphoric ester groups is 2. The lowest BCUT2D eigenvalue weighted by Crippen LogP contribution is -2.30. The van der Waals surface area contributed by atoms with Crippen molar-refractivity contribution in [1.29, 1.82) is 0 Å². The number of ether oxygens (including phenoxy) is 4. The molecule has 5 atom stereocenters. The van der Waals surface area contributed by atoms with Gasteiger partial charge in [0.25, 0.3) is 0 Å². The van der Waals surface area contributed by atoms with Crippen LogP contribution in [0.25, 0.3) is 0 Å². The summed E-state index contributed by atoms with van der Waals surface area (Å²) in [5.74, 6) is -0.597. The fraction of sp³-hybridized carbons (Fsp3) is 0.951. The number of aliphatic hydroxyl groups is 1. The quantitative estimate of drug-likeness (QED) is 0.0222. The Balaban J connectivity index is 5.21. The van der Waals surface area contributed by atoms with Crippen LogP contribution < -0.4 is 0 Å². The molecule has 101 heavy (non-hydrogen) atoms. The minimum absolute atomic E-state index is 0.107. The van der Waals surface area contributed by atoms with Gasteiger partial charge in [0.1, 0.15) is 19.3 Å². The third-order valence-corrected chi connectivity index (χ3v) is 21.1. The van der Waals surface area contributed by atoms with Gasteiger partial charge in [-0.25, -0.2) is 9.13 Å². The average Bonchev–Trinajstić information content (AvgIpc) is 0.937. The summed E-state index contributed by atoms with van der Waals surface area (Å²) in [4.78, 5) is 73.0. The molecule has 0 aromatic heterocycles.